The number of carbonyl (C=O) groups is 4. The topological polar surface area (TPSA) is 417 Å². The number of aliphatic carboxylic acids is 2. The van der Waals surface area contributed by atoms with Crippen LogP contribution in [0.25, 0.3) is 40.0 Å². The molecule has 548 valence electrons. The molecular formula is C79H86N16O11. The number of ether oxygens (including phenoxy) is 3. The average molecular weight is 1440 g/mol. The van der Waals surface area contributed by atoms with Gasteiger partial charge >= 0.3 is 18.0 Å². The number of carboxylic acid groups (broad SMARTS) is 2. The minimum Gasteiger partial charge on any atom is -0.477 e. The van der Waals surface area contributed by atoms with Crippen LogP contribution in [0, 0.1) is 22.7 Å². The van der Waals surface area contributed by atoms with Gasteiger partial charge in [-0.1, -0.05) is 78.9 Å². The van der Waals surface area contributed by atoms with E-state index in [9.17, 15) is 34.5 Å². The van der Waals surface area contributed by atoms with Gasteiger partial charge in [0.05, 0.1) is 48.4 Å². The minimum atomic E-state index is -1.27. The lowest BCUT2D eigenvalue weighted by Crippen LogP contribution is -2.47. The standard InChI is InChI=1S/C33H33N7O5.C18H20N2O3.C15H19NO2.C13H14N6O/c1-20-16-33(2,3)40(27-9-8-23(15-25(20)27)14-24(17-34)30(41)42)12-13-44-32(43)37-18-21-4-6-22(7-5-21)19-45-29-28-26(10-11-36-28)38-31(35)39-29;1-12-10-18(2,3)20(6-7-21)16-5-4-13(9-15(12)16)8-14(11-19)17(22)23;1-11-9-15(2,3)16(6-7-17)14-5-4-12(10-18)8-13(11)14;14-5-8-1-3-9(4-2-8)6-20-12-10-11(17-7-16-10)18-13(15)19-12/h4-9,11,14-16H,10,12-13,18-19H2,1-3H3,(H,37,43)(H,41,42)(H2,35,38,39);4-5,8-10,21H,6-7H2,1-3H3,(H,22,23);4-5,8-10,17H,6-7H2,1-3H3;1-4,7H,5-6,14H2,(H3,15,16,17,18,19)/b24-14+;14-8+;;. The lowest BCUT2D eigenvalue weighted by Gasteiger charge is -2.43. The van der Waals surface area contributed by atoms with E-state index in [0.717, 1.165) is 79.1 Å². The minimum absolute atomic E-state index is 0.0506. The van der Waals surface area contributed by atoms with Crippen molar-refractivity contribution in [3.63, 3.8) is 0 Å². The van der Waals surface area contributed by atoms with Gasteiger partial charge in [0.15, 0.2) is 5.65 Å². The number of allylic oxidation sites excluding steroid dienone is 3. The fraction of sp³-hybridized carbons (Fsp3) is 0.291. The Morgan fingerprint density at radius 1 is 0.613 bits per heavy atom. The van der Waals surface area contributed by atoms with Crippen molar-refractivity contribution in [3.05, 3.63) is 200 Å². The van der Waals surface area contributed by atoms with Gasteiger partial charge in [0.2, 0.25) is 23.7 Å². The second kappa shape index (κ2) is 34.2. The number of nitrogens with one attached hydrogen (secondary N) is 2. The van der Waals surface area contributed by atoms with Crippen molar-refractivity contribution < 1.29 is 53.8 Å². The number of hydrogen-bond acceptors (Lipinski definition) is 23. The molecule has 27 nitrogen and oxygen atoms in total. The maximum absolute atomic E-state index is 12.5. The van der Waals surface area contributed by atoms with Gasteiger partial charge in [-0.05, 0) is 167 Å². The number of aliphatic imine (C=N–C) groups is 1. The molecule has 1 amide bonds. The van der Waals surface area contributed by atoms with Crippen LogP contribution in [0.4, 0.5) is 39.4 Å². The number of fused-ring (bicyclic) bond motifs is 5. The van der Waals surface area contributed by atoms with Crippen LogP contribution in [0.5, 0.6) is 11.8 Å². The Labute approximate surface area is 614 Å². The summed E-state index contributed by atoms with van der Waals surface area (Å²) in [6.07, 6.45) is 13.4. The molecule has 0 fully saturated rings. The van der Waals surface area contributed by atoms with E-state index in [1.807, 2.05) is 105 Å². The number of aliphatic hydroxyl groups is 2. The van der Waals surface area contributed by atoms with Crippen molar-refractivity contribution in [2.45, 2.75) is 112 Å². The van der Waals surface area contributed by atoms with Gasteiger partial charge in [-0.3, -0.25) is 9.79 Å². The molecule has 4 aliphatic heterocycles. The Bertz CT molecular complexity index is 4890. The predicted molar refractivity (Wildman–Crippen MR) is 409 cm³/mol. The number of nitriles is 2. The molecule has 0 atom stereocenters. The van der Waals surface area contributed by atoms with Crippen molar-refractivity contribution in [1.82, 2.24) is 35.2 Å². The molecule has 12 N–H and O–H groups in total. The number of carboxylic acids is 2. The number of aldehydes is 1. The van der Waals surface area contributed by atoms with E-state index in [1.165, 1.54) is 24.1 Å². The first kappa shape index (κ1) is 77.6. The highest BCUT2D eigenvalue weighted by atomic mass is 16.5. The zero-order valence-electron chi connectivity index (χ0n) is 60.5. The zero-order valence-corrected chi connectivity index (χ0v) is 60.5. The van der Waals surface area contributed by atoms with Gasteiger partial charge < -0.3 is 76.8 Å². The van der Waals surface area contributed by atoms with Gasteiger partial charge in [0.25, 0.3) is 0 Å². The largest absolute Gasteiger partial charge is 0.477 e. The molecule has 0 aliphatic carbocycles. The lowest BCUT2D eigenvalue weighted by atomic mass is 9.88. The number of alkyl carbamates (subject to hydrolysis) is 1. The van der Waals surface area contributed by atoms with Crippen molar-refractivity contribution in [1.29, 1.82) is 10.5 Å². The summed E-state index contributed by atoms with van der Waals surface area (Å²) in [5.74, 6) is -1.47. The van der Waals surface area contributed by atoms with Crippen molar-refractivity contribution >= 4 is 105 Å². The summed E-state index contributed by atoms with van der Waals surface area (Å²) in [4.78, 5) is 79.7. The Morgan fingerprint density at radius 2 is 1.06 bits per heavy atom. The van der Waals surface area contributed by atoms with Crippen LogP contribution in [0.2, 0.25) is 0 Å². The van der Waals surface area contributed by atoms with Crippen molar-refractivity contribution in [2.75, 3.05) is 65.6 Å². The van der Waals surface area contributed by atoms with Crippen LogP contribution in [-0.4, -0.2) is 137 Å². The first-order chi connectivity index (χ1) is 50.6. The first-order valence-corrected chi connectivity index (χ1v) is 34.0. The Balaban J connectivity index is 0.000000178. The molecule has 0 unspecified atom stereocenters. The van der Waals surface area contributed by atoms with Crippen molar-refractivity contribution in [2.24, 2.45) is 10.7 Å². The number of amides is 1. The second-order valence-corrected chi connectivity index (χ2v) is 26.8. The van der Waals surface area contributed by atoms with E-state index in [2.05, 4.69) is 122 Å². The molecule has 0 saturated heterocycles. The predicted octanol–water partition coefficient (Wildman–Crippen LogP) is 11.0. The van der Waals surface area contributed by atoms with Crippen LogP contribution in [0.3, 0.4) is 0 Å². The normalized spacial score (nSPS) is 14.7. The third kappa shape index (κ3) is 19.0. The number of carbonyl (C=O) groups excluding carboxylic acids is 2. The average Bonchev–Trinajstić information content (AvgIpc) is 0.913. The summed E-state index contributed by atoms with van der Waals surface area (Å²) in [6.45, 7) is 22.0. The molecule has 3 aromatic heterocycles. The molecule has 5 aromatic carbocycles. The molecule has 12 rings (SSSR count). The number of H-pyrrole nitrogens is 1. The third-order valence-electron chi connectivity index (χ3n) is 17.8. The van der Waals surface area contributed by atoms with Gasteiger partial charge in [-0.25, -0.2) is 24.4 Å². The number of nitrogens with zero attached hydrogens (tertiary/aromatic N) is 11. The van der Waals surface area contributed by atoms with Crippen LogP contribution >= 0.6 is 0 Å². The summed E-state index contributed by atoms with van der Waals surface area (Å²) in [5.41, 5.74) is 33.3. The van der Waals surface area contributed by atoms with Gasteiger partial charge in [-0.15, -0.1) is 0 Å². The number of aliphatic hydroxyl groups excluding tert-OH is 2. The smallest absolute Gasteiger partial charge is 0.407 e. The SMILES string of the molecule is CC1=CC(C)(C)N(CCO)c2ccc(/C=C(\C#N)C(=O)O)cc21.CC1=CC(C)(C)N(CCO)c2ccc(C=O)cc21.CC1=CC(C)(C)N(CCOC(=O)NCc2ccc(COc3nc(N)nc4c3N=CC4)cc2)c2ccc(/C=C(\C#N)C(=O)O)cc21.NCc1ccc(COc2nc(N)nc3nc[nH]c23)cc1. The Morgan fingerprint density at radius 3 is 1.53 bits per heavy atom. The molecule has 0 radical (unpaired) electrons. The molecule has 8 aromatic rings. The highest BCUT2D eigenvalue weighted by Gasteiger charge is 2.34. The molecule has 0 bridgehead atoms. The number of benzene rings is 5. The molecule has 7 heterocycles. The highest BCUT2D eigenvalue weighted by Crippen LogP contribution is 2.43. The summed E-state index contributed by atoms with van der Waals surface area (Å²) in [7, 11) is 0. The first-order valence-electron chi connectivity index (χ1n) is 34.0. The van der Waals surface area contributed by atoms with Crippen molar-refractivity contribution in [3.8, 4) is 23.9 Å². The number of imidazole rings is 1. The van der Waals surface area contributed by atoms with Crippen LogP contribution < -0.4 is 46.7 Å². The molecule has 4 aliphatic rings. The highest BCUT2D eigenvalue weighted by molar-refractivity contribution is 5.98. The maximum Gasteiger partial charge on any atom is 0.407 e. The van der Waals surface area contributed by atoms with E-state index < -0.39 is 18.0 Å². The molecule has 106 heavy (non-hydrogen) atoms. The summed E-state index contributed by atoms with van der Waals surface area (Å²) in [5, 5.41) is 57.5. The number of rotatable bonds is 21. The summed E-state index contributed by atoms with van der Waals surface area (Å²) < 4.78 is 17.0. The monoisotopic (exact) mass is 1430 g/mol. The van der Waals surface area contributed by atoms with Gasteiger partial charge in [0.1, 0.15) is 60.6 Å². The van der Waals surface area contributed by atoms with E-state index >= 15 is 0 Å². The van der Waals surface area contributed by atoms with Crippen LogP contribution in [0.1, 0.15) is 128 Å². The maximum atomic E-state index is 12.5. The fourth-order valence-electron chi connectivity index (χ4n) is 12.9. The number of nitrogen functional groups attached to an aromatic ring is 2. The quantitative estimate of drug-likeness (QED) is 0.0183. The number of β-amino-alcohol motifs (C(OH)–C–C–N with tert-alkyl or cyclic N) is 2. The summed E-state index contributed by atoms with van der Waals surface area (Å²) in [6, 6.07) is 35.7. The second-order valence-electron chi connectivity index (χ2n) is 26.8. The summed E-state index contributed by atoms with van der Waals surface area (Å²) >= 11 is 0. The molecule has 0 spiro atoms. The van der Waals surface area contributed by atoms with E-state index in [1.54, 1.807) is 30.5 Å². The number of nitrogens with two attached hydrogens (primary N) is 3. The fourth-order valence-corrected chi connectivity index (χ4v) is 12.9. The van der Waals surface area contributed by atoms with E-state index in [-0.39, 0.29) is 66.1 Å². The molecular weight excluding hydrogens is 1350 g/mol. The molecule has 0 saturated carbocycles. The Hall–Kier alpha value is -12.6. The Kier molecular flexibility index (Phi) is 25.0. The van der Waals surface area contributed by atoms with E-state index in [4.69, 9.17) is 47.0 Å². The van der Waals surface area contributed by atoms with Crippen LogP contribution in [0.15, 0.2) is 144 Å². The third-order valence-corrected chi connectivity index (χ3v) is 17.8. The van der Waals surface area contributed by atoms with E-state index in [0.29, 0.717) is 91.1 Å². The number of hydrogen-bond donors (Lipinski definition) is 9. The number of anilines is 5. The lowest BCUT2D eigenvalue weighted by molar-refractivity contribution is -0.133. The zero-order chi connectivity index (χ0) is 76.6. The number of aromatic amines is 1. The van der Waals surface area contributed by atoms with Gasteiger partial charge in [-0.2, -0.15) is 25.5 Å². The molecule has 27 heteroatoms. The van der Waals surface area contributed by atoms with Gasteiger partial charge in [0, 0.05) is 78.1 Å². The number of aromatic nitrogens is 6. The van der Waals surface area contributed by atoms with Crippen LogP contribution in [-0.2, 0) is 47.1 Å².